The maximum absolute atomic E-state index is 13.4. The second-order valence-corrected chi connectivity index (χ2v) is 7.79. The molecule has 0 heterocycles. The lowest BCUT2D eigenvalue weighted by atomic mass is 10.2. The quantitative estimate of drug-likeness (QED) is 0.640. The third-order valence-corrected chi connectivity index (χ3v) is 6.16. The van der Waals surface area contributed by atoms with Crippen LogP contribution in [0, 0.1) is 0 Å². The fourth-order valence-electron chi connectivity index (χ4n) is 2.81. The van der Waals surface area contributed by atoms with E-state index in [4.69, 9.17) is 9.47 Å². The van der Waals surface area contributed by atoms with Crippen LogP contribution >= 0.6 is 0 Å². The first kappa shape index (κ1) is 21.6. The van der Waals surface area contributed by atoms with Crippen molar-refractivity contribution in [3.63, 3.8) is 0 Å². The average Bonchev–Trinajstić information content (AvgIpc) is 2.73. The zero-order valence-electron chi connectivity index (χ0n) is 16.6. The minimum atomic E-state index is -3.99. The van der Waals surface area contributed by atoms with E-state index < -0.39 is 10.0 Å². The van der Waals surface area contributed by atoms with Crippen molar-refractivity contribution in [3.8, 4) is 11.5 Å². The predicted octanol–water partition coefficient (Wildman–Crippen LogP) is 2.77. The van der Waals surface area contributed by atoms with Crippen molar-refractivity contribution in [3.05, 3.63) is 48.5 Å². The van der Waals surface area contributed by atoms with Gasteiger partial charge in [-0.1, -0.05) is 18.2 Å². The van der Waals surface area contributed by atoms with Gasteiger partial charge < -0.3 is 14.4 Å². The molecule has 0 saturated heterocycles. The molecule has 2 rings (SSSR count). The number of hydrogen-bond donors (Lipinski definition) is 0. The lowest BCUT2D eigenvalue weighted by Gasteiger charge is -2.28. The Labute approximate surface area is 166 Å². The fraction of sp³-hybridized carbons (Fsp3) is 0.350. The Morgan fingerprint density at radius 2 is 1.61 bits per heavy atom. The lowest BCUT2D eigenvalue weighted by Crippen LogP contribution is -2.43. The van der Waals surface area contributed by atoms with Crippen molar-refractivity contribution in [2.45, 2.75) is 18.7 Å². The molecular weight excluding hydrogens is 380 g/mol. The number of carbonyl (C=O) groups excluding carboxylic acids is 1. The highest BCUT2D eigenvalue weighted by Gasteiger charge is 2.30. The molecule has 1 amide bonds. The maximum Gasteiger partial charge on any atom is 0.264 e. The number of methoxy groups -OCH3 is 2. The average molecular weight is 407 g/mol. The number of amides is 1. The summed E-state index contributed by atoms with van der Waals surface area (Å²) in [6.07, 6.45) is 0. The molecule has 0 aromatic heterocycles. The van der Waals surface area contributed by atoms with Crippen LogP contribution in [0.5, 0.6) is 11.5 Å². The first-order chi connectivity index (χ1) is 13.4. The van der Waals surface area contributed by atoms with Gasteiger partial charge in [0.05, 0.1) is 24.8 Å². The highest BCUT2D eigenvalue weighted by molar-refractivity contribution is 7.92. The van der Waals surface area contributed by atoms with Gasteiger partial charge in [-0.2, -0.15) is 0 Å². The van der Waals surface area contributed by atoms with E-state index in [1.165, 1.54) is 26.4 Å². The highest BCUT2D eigenvalue weighted by atomic mass is 32.2. The molecule has 2 aromatic carbocycles. The zero-order chi connectivity index (χ0) is 20.7. The number of anilines is 1. The highest BCUT2D eigenvalue weighted by Crippen LogP contribution is 2.35. The Hall–Kier alpha value is -2.74. The Balaban J connectivity index is 2.58. The SMILES string of the molecule is CCN(CC)C(=O)CN(c1ccc(OC)cc1OC)S(=O)(=O)c1ccccc1. The molecule has 0 atom stereocenters. The largest absolute Gasteiger partial charge is 0.497 e. The van der Waals surface area contributed by atoms with Crippen LogP contribution in [0.25, 0.3) is 0 Å². The smallest absolute Gasteiger partial charge is 0.264 e. The van der Waals surface area contributed by atoms with Gasteiger partial charge in [0, 0.05) is 19.2 Å². The van der Waals surface area contributed by atoms with E-state index in [1.807, 2.05) is 13.8 Å². The molecule has 2 aromatic rings. The Morgan fingerprint density at radius 3 is 2.14 bits per heavy atom. The minimum Gasteiger partial charge on any atom is -0.497 e. The topological polar surface area (TPSA) is 76.2 Å². The summed E-state index contributed by atoms with van der Waals surface area (Å²) < 4.78 is 38.4. The summed E-state index contributed by atoms with van der Waals surface area (Å²) in [5.74, 6) is 0.529. The Bertz CT molecular complexity index is 896. The standard InChI is InChI=1S/C20H26N2O5S/c1-5-21(6-2)20(23)15-22(28(24,25)17-10-8-7-9-11-17)18-13-12-16(26-3)14-19(18)27-4/h7-14H,5-6,15H2,1-4H3. The molecule has 0 spiro atoms. The van der Waals surface area contributed by atoms with Gasteiger partial charge in [-0.15, -0.1) is 0 Å². The normalized spacial score (nSPS) is 11.0. The zero-order valence-corrected chi connectivity index (χ0v) is 17.4. The van der Waals surface area contributed by atoms with Crippen LogP contribution in [0.2, 0.25) is 0 Å². The minimum absolute atomic E-state index is 0.0974. The maximum atomic E-state index is 13.4. The first-order valence-electron chi connectivity index (χ1n) is 8.96. The number of benzene rings is 2. The van der Waals surface area contributed by atoms with E-state index in [-0.39, 0.29) is 23.0 Å². The van der Waals surface area contributed by atoms with Crippen molar-refractivity contribution >= 4 is 21.6 Å². The van der Waals surface area contributed by atoms with Crippen LogP contribution in [0.1, 0.15) is 13.8 Å². The van der Waals surface area contributed by atoms with Crippen molar-refractivity contribution < 1.29 is 22.7 Å². The summed E-state index contributed by atoms with van der Waals surface area (Å²) in [6, 6.07) is 12.8. The summed E-state index contributed by atoms with van der Waals surface area (Å²) in [5.41, 5.74) is 0.271. The molecule has 0 bridgehead atoms. The van der Waals surface area contributed by atoms with E-state index in [1.54, 1.807) is 41.3 Å². The van der Waals surface area contributed by atoms with Gasteiger partial charge in [-0.05, 0) is 38.1 Å². The lowest BCUT2D eigenvalue weighted by molar-refractivity contribution is -0.129. The molecule has 0 aliphatic carbocycles. The summed E-state index contributed by atoms with van der Waals surface area (Å²) in [7, 11) is -1.03. The van der Waals surface area contributed by atoms with Gasteiger partial charge in [0.15, 0.2) is 0 Å². The number of carbonyl (C=O) groups is 1. The van der Waals surface area contributed by atoms with E-state index >= 15 is 0 Å². The molecule has 7 nitrogen and oxygen atoms in total. The van der Waals surface area contributed by atoms with Crippen molar-refractivity contribution in [1.82, 2.24) is 4.90 Å². The Morgan fingerprint density at radius 1 is 0.964 bits per heavy atom. The van der Waals surface area contributed by atoms with Gasteiger partial charge in [0.25, 0.3) is 10.0 Å². The Kier molecular flexibility index (Phi) is 7.28. The van der Waals surface area contributed by atoms with Crippen molar-refractivity contribution in [1.29, 1.82) is 0 Å². The van der Waals surface area contributed by atoms with Gasteiger partial charge >= 0.3 is 0 Å². The number of nitrogens with zero attached hydrogens (tertiary/aromatic N) is 2. The fourth-order valence-corrected chi connectivity index (χ4v) is 4.26. The van der Waals surface area contributed by atoms with E-state index in [0.29, 0.717) is 24.6 Å². The monoisotopic (exact) mass is 406 g/mol. The molecule has 152 valence electrons. The van der Waals surface area contributed by atoms with Gasteiger partial charge in [0.2, 0.25) is 5.91 Å². The molecule has 8 heteroatoms. The number of sulfonamides is 1. The van der Waals surface area contributed by atoms with Gasteiger partial charge in [-0.25, -0.2) is 8.42 Å². The summed E-state index contributed by atoms with van der Waals surface area (Å²) in [4.78, 5) is 14.4. The summed E-state index contributed by atoms with van der Waals surface area (Å²) in [6.45, 7) is 4.36. The predicted molar refractivity (Wildman–Crippen MR) is 108 cm³/mol. The second kappa shape index (κ2) is 9.45. The van der Waals surface area contributed by atoms with Crippen molar-refractivity contribution in [2.24, 2.45) is 0 Å². The van der Waals surface area contributed by atoms with Gasteiger partial charge in [-0.3, -0.25) is 9.10 Å². The summed E-state index contributed by atoms with van der Waals surface area (Å²) >= 11 is 0. The second-order valence-electron chi connectivity index (χ2n) is 5.93. The number of hydrogen-bond acceptors (Lipinski definition) is 5. The molecule has 0 fully saturated rings. The summed E-state index contributed by atoms with van der Waals surface area (Å²) in [5, 5.41) is 0. The molecule has 0 aliphatic heterocycles. The third-order valence-electron chi connectivity index (χ3n) is 4.38. The number of likely N-dealkylation sites (N-methyl/N-ethyl adjacent to an activating group) is 1. The molecule has 0 N–H and O–H groups in total. The van der Waals surface area contributed by atoms with Gasteiger partial charge in [0.1, 0.15) is 18.0 Å². The number of ether oxygens (including phenoxy) is 2. The number of rotatable bonds is 9. The van der Waals surface area contributed by atoms with Crippen LogP contribution in [-0.4, -0.2) is 53.1 Å². The van der Waals surface area contributed by atoms with E-state index in [9.17, 15) is 13.2 Å². The van der Waals surface area contributed by atoms with Crippen molar-refractivity contribution in [2.75, 3.05) is 38.2 Å². The molecule has 0 saturated carbocycles. The molecule has 28 heavy (non-hydrogen) atoms. The van der Waals surface area contributed by atoms with Crippen LogP contribution in [0.15, 0.2) is 53.4 Å². The molecule has 0 aliphatic rings. The third kappa shape index (κ3) is 4.56. The van der Waals surface area contributed by atoms with Crippen LogP contribution in [0.4, 0.5) is 5.69 Å². The molecule has 0 unspecified atom stereocenters. The molecular formula is C20H26N2O5S. The van der Waals surface area contributed by atoms with E-state index in [0.717, 1.165) is 4.31 Å². The molecule has 0 radical (unpaired) electrons. The van der Waals surface area contributed by atoms with Crippen LogP contribution < -0.4 is 13.8 Å². The van der Waals surface area contributed by atoms with Crippen LogP contribution in [-0.2, 0) is 14.8 Å². The first-order valence-corrected chi connectivity index (χ1v) is 10.4. The van der Waals surface area contributed by atoms with E-state index in [2.05, 4.69) is 0 Å². The van der Waals surface area contributed by atoms with Crippen LogP contribution in [0.3, 0.4) is 0 Å².